The van der Waals surface area contributed by atoms with Crippen LogP contribution in [0.1, 0.15) is 5.82 Å². The smallest absolute Gasteiger partial charge is 0.294 e. The number of fused-ring (bicyclic) bond motifs is 3. The summed E-state index contributed by atoms with van der Waals surface area (Å²) >= 11 is 1.29. The second-order valence-corrected chi connectivity index (χ2v) is 6.02. The number of benzene rings is 2. The van der Waals surface area contributed by atoms with E-state index in [2.05, 4.69) is 9.97 Å². The van der Waals surface area contributed by atoms with E-state index in [-0.39, 0.29) is 17.0 Å². The maximum Gasteiger partial charge on any atom is 0.294 e. The minimum absolute atomic E-state index is 0.214. The van der Waals surface area contributed by atoms with E-state index in [9.17, 15) is 9.18 Å². The van der Waals surface area contributed by atoms with Crippen molar-refractivity contribution in [3.8, 4) is 0 Å². The van der Waals surface area contributed by atoms with Crippen molar-refractivity contribution in [1.82, 2.24) is 9.97 Å². The van der Waals surface area contributed by atoms with Crippen molar-refractivity contribution in [3.63, 3.8) is 0 Å². The third-order valence-electron chi connectivity index (χ3n) is 3.48. The van der Waals surface area contributed by atoms with Crippen molar-refractivity contribution in [2.24, 2.45) is 0 Å². The number of rotatable bonds is 3. The monoisotopic (exact) mass is 326 g/mol. The number of nitrogens with one attached hydrogen (secondary N) is 1. The first kappa shape index (κ1) is 14.0. The molecule has 0 fully saturated rings. The molecule has 2 aromatic carbocycles. The Bertz CT molecular complexity index is 1070. The summed E-state index contributed by atoms with van der Waals surface area (Å²) in [4.78, 5) is 19.9. The first-order valence-corrected chi connectivity index (χ1v) is 7.99. The van der Waals surface area contributed by atoms with Gasteiger partial charge in [-0.15, -0.1) is 11.8 Å². The van der Waals surface area contributed by atoms with Gasteiger partial charge in [-0.05, 0) is 24.3 Å². The molecule has 2 heterocycles. The van der Waals surface area contributed by atoms with Crippen LogP contribution in [0.4, 0.5) is 4.39 Å². The van der Waals surface area contributed by atoms with E-state index in [1.165, 1.54) is 17.8 Å². The van der Waals surface area contributed by atoms with E-state index in [0.717, 1.165) is 5.39 Å². The molecule has 4 nitrogen and oxygen atoms in total. The Labute approximate surface area is 134 Å². The predicted molar refractivity (Wildman–Crippen MR) is 88.1 cm³/mol. The highest BCUT2D eigenvalue weighted by Crippen LogP contribution is 2.27. The van der Waals surface area contributed by atoms with E-state index >= 15 is 0 Å². The number of aromatic amines is 1. The van der Waals surface area contributed by atoms with Crippen LogP contribution in [0, 0.1) is 5.82 Å². The number of furan rings is 1. The highest BCUT2D eigenvalue weighted by molar-refractivity contribution is 7.98. The quantitative estimate of drug-likeness (QED) is 0.576. The van der Waals surface area contributed by atoms with Crippen molar-refractivity contribution < 1.29 is 8.81 Å². The van der Waals surface area contributed by atoms with Crippen LogP contribution in [0.3, 0.4) is 0 Å². The second kappa shape index (κ2) is 5.55. The summed E-state index contributed by atoms with van der Waals surface area (Å²) < 4.78 is 19.2. The lowest BCUT2D eigenvalue weighted by Crippen LogP contribution is -2.10. The number of hydrogen-bond acceptors (Lipinski definition) is 4. The number of hydrogen-bond donors (Lipinski definition) is 1. The molecule has 0 bridgehead atoms. The largest absolute Gasteiger partial charge is 0.449 e. The number of H-pyrrole nitrogens is 1. The van der Waals surface area contributed by atoms with Gasteiger partial charge in [-0.1, -0.05) is 24.3 Å². The van der Waals surface area contributed by atoms with E-state index in [1.807, 2.05) is 18.2 Å². The molecule has 0 saturated heterocycles. The van der Waals surface area contributed by atoms with Crippen LogP contribution in [-0.2, 0) is 5.75 Å². The minimum Gasteiger partial charge on any atom is -0.449 e. The molecule has 1 N–H and O–H groups in total. The molecule has 0 unspecified atom stereocenters. The Morgan fingerprint density at radius 1 is 1.13 bits per heavy atom. The highest BCUT2D eigenvalue weighted by Gasteiger charge is 2.13. The molecule has 0 aliphatic rings. The summed E-state index contributed by atoms with van der Waals surface area (Å²) in [7, 11) is 0. The van der Waals surface area contributed by atoms with Crippen molar-refractivity contribution >= 4 is 33.8 Å². The fourth-order valence-electron chi connectivity index (χ4n) is 2.42. The topological polar surface area (TPSA) is 58.9 Å². The van der Waals surface area contributed by atoms with Crippen LogP contribution >= 0.6 is 11.8 Å². The molecule has 0 saturated carbocycles. The normalized spacial score (nSPS) is 11.3. The van der Waals surface area contributed by atoms with Crippen LogP contribution in [0.2, 0.25) is 0 Å². The van der Waals surface area contributed by atoms with Gasteiger partial charge in [0.05, 0.1) is 5.75 Å². The summed E-state index contributed by atoms with van der Waals surface area (Å²) in [6.45, 7) is 0. The molecule has 4 rings (SSSR count). The van der Waals surface area contributed by atoms with Gasteiger partial charge in [0.1, 0.15) is 22.7 Å². The molecular formula is C17H11FN2O2S. The lowest BCUT2D eigenvalue weighted by Gasteiger charge is -2.02. The van der Waals surface area contributed by atoms with Gasteiger partial charge < -0.3 is 9.40 Å². The summed E-state index contributed by atoms with van der Waals surface area (Å²) in [5, 5.41) is 0.797. The van der Waals surface area contributed by atoms with E-state index in [4.69, 9.17) is 4.42 Å². The Morgan fingerprint density at radius 2 is 1.91 bits per heavy atom. The van der Waals surface area contributed by atoms with Crippen LogP contribution in [-0.4, -0.2) is 9.97 Å². The Balaban J connectivity index is 1.75. The van der Waals surface area contributed by atoms with E-state index in [1.54, 1.807) is 24.3 Å². The maximum absolute atomic E-state index is 13.7. The lowest BCUT2D eigenvalue weighted by molar-refractivity contribution is 0.602. The van der Waals surface area contributed by atoms with Gasteiger partial charge >= 0.3 is 0 Å². The molecule has 2 aromatic heterocycles. The number of thioether (sulfide) groups is 1. The SMILES string of the molecule is O=c1[nH]c(CSc2ccccc2F)nc2c1oc1ccccc12. The zero-order chi connectivity index (χ0) is 15.8. The Kier molecular flexibility index (Phi) is 3.38. The van der Waals surface area contributed by atoms with Gasteiger partial charge in [-0.3, -0.25) is 4.79 Å². The van der Waals surface area contributed by atoms with E-state index in [0.29, 0.717) is 27.6 Å². The van der Waals surface area contributed by atoms with E-state index < -0.39 is 0 Å². The standard InChI is InChI=1S/C17H11FN2O2S/c18-11-6-2-4-8-13(11)23-9-14-19-15-10-5-1-3-7-12(10)22-16(15)17(21)20-14/h1-8H,9H2,(H,19,20,21). The highest BCUT2D eigenvalue weighted by atomic mass is 32.2. The summed E-state index contributed by atoms with van der Waals surface area (Å²) in [5.74, 6) is 0.572. The molecule has 0 radical (unpaired) electrons. The number of aromatic nitrogens is 2. The Morgan fingerprint density at radius 3 is 2.78 bits per heavy atom. The third-order valence-corrected chi connectivity index (χ3v) is 4.54. The lowest BCUT2D eigenvalue weighted by atomic mass is 10.2. The number of nitrogens with zero attached hydrogens (tertiary/aromatic N) is 1. The molecule has 0 spiro atoms. The Hall–Kier alpha value is -2.60. The molecule has 114 valence electrons. The summed E-state index contributed by atoms with van der Waals surface area (Å²) in [6, 6.07) is 13.9. The molecular weight excluding hydrogens is 315 g/mol. The predicted octanol–water partition coefficient (Wildman–Crippen LogP) is 4.10. The minimum atomic E-state index is -0.324. The first-order valence-electron chi connectivity index (χ1n) is 7.00. The molecule has 0 amide bonds. The molecule has 4 aromatic rings. The molecule has 0 aliphatic heterocycles. The van der Waals surface area contributed by atoms with Crippen molar-refractivity contribution in [2.45, 2.75) is 10.6 Å². The summed E-state index contributed by atoms with van der Waals surface area (Å²) in [6.07, 6.45) is 0. The van der Waals surface area contributed by atoms with Crippen LogP contribution < -0.4 is 5.56 Å². The third kappa shape index (κ3) is 2.51. The van der Waals surface area contributed by atoms with Crippen molar-refractivity contribution in [3.05, 3.63) is 70.5 Å². The van der Waals surface area contributed by atoms with Crippen molar-refractivity contribution in [1.29, 1.82) is 0 Å². The molecule has 6 heteroatoms. The zero-order valence-corrected chi connectivity index (χ0v) is 12.7. The van der Waals surface area contributed by atoms with Crippen LogP contribution in [0.5, 0.6) is 0 Å². The number of para-hydroxylation sites is 1. The molecule has 0 aliphatic carbocycles. The van der Waals surface area contributed by atoms with Gasteiger partial charge in [0, 0.05) is 10.3 Å². The first-order chi connectivity index (χ1) is 11.2. The fourth-order valence-corrected chi connectivity index (χ4v) is 3.23. The molecule has 0 atom stereocenters. The average Bonchev–Trinajstić information content (AvgIpc) is 2.94. The zero-order valence-electron chi connectivity index (χ0n) is 11.9. The van der Waals surface area contributed by atoms with Gasteiger partial charge in [0.15, 0.2) is 0 Å². The molecule has 23 heavy (non-hydrogen) atoms. The average molecular weight is 326 g/mol. The van der Waals surface area contributed by atoms with Gasteiger partial charge in [-0.2, -0.15) is 0 Å². The van der Waals surface area contributed by atoms with Crippen LogP contribution in [0.25, 0.3) is 22.1 Å². The van der Waals surface area contributed by atoms with Crippen molar-refractivity contribution in [2.75, 3.05) is 0 Å². The second-order valence-electron chi connectivity index (χ2n) is 5.01. The number of halogens is 1. The van der Waals surface area contributed by atoms with Gasteiger partial charge in [0.2, 0.25) is 5.58 Å². The van der Waals surface area contributed by atoms with Gasteiger partial charge in [0.25, 0.3) is 5.56 Å². The van der Waals surface area contributed by atoms with Crippen LogP contribution in [0.15, 0.2) is 62.6 Å². The summed E-state index contributed by atoms with van der Waals surface area (Å²) in [5.41, 5.74) is 1.05. The van der Waals surface area contributed by atoms with Gasteiger partial charge in [-0.25, -0.2) is 9.37 Å². The fraction of sp³-hybridized carbons (Fsp3) is 0.0588. The maximum atomic E-state index is 13.7.